The van der Waals surface area contributed by atoms with E-state index in [1.165, 1.54) is 16.7 Å². The molecule has 0 spiro atoms. The topological polar surface area (TPSA) is 59.3 Å². The van der Waals surface area contributed by atoms with Crippen LogP contribution in [0.2, 0.25) is 0 Å². The minimum Gasteiger partial charge on any atom is -0.481 e. The first-order chi connectivity index (χ1) is 9.93. The summed E-state index contributed by atoms with van der Waals surface area (Å²) in [5.74, 6) is -2.48. The molecule has 0 aliphatic carbocycles. The van der Waals surface area contributed by atoms with Gasteiger partial charge in [-0.1, -0.05) is 6.92 Å². The second kappa shape index (κ2) is 4.94. The number of carbonyl (C=O) groups excluding carboxylic acids is 1. The predicted octanol–water partition coefficient (Wildman–Crippen LogP) is 3.78. The number of aromatic nitrogens is 1. The summed E-state index contributed by atoms with van der Waals surface area (Å²) in [5.41, 5.74) is 1.15. The molecule has 1 aliphatic rings. The van der Waals surface area contributed by atoms with Crippen LogP contribution < -0.4 is 0 Å². The number of fused-ring (bicyclic) bond motifs is 3. The normalized spacial score (nSPS) is 19.0. The van der Waals surface area contributed by atoms with Crippen LogP contribution >= 0.6 is 15.9 Å². The Kier molecular flexibility index (Phi) is 3.36. The van der Waals surface area contributed by atoms with Gasteiger partial charge in [0.25, 0.3) is 0 Å². The molecule has 0 amide bonds. The summed E-state index contributed by atoms with van der Waals surface area (Å²) in [7, 11) is 0. The van der Waals surface area contributed by atoms with Crippen LogP contribution in [0.5, 0.6) is 0 Å². The number of hydrogen-bond donors (Lipinski definition) is 1. The smallest absolute Gasteiger partial charge is 0.307 e. The van der Waals surface area contributed by atoms with Crippen LogP contribution in [0.15, 0.2) is 22.7 Å². The highest BCUT2D eigenvalue weighted by molar-refractivity contribution is 9.10. The number of carboxylic acids is 1. The summed E-state index contributed by atoms with van der Waals surface area (Å²) in [6.45, 7) is 1.80. The van der Waals surface area contributed by atoms with Gasteiger partial charge in [-0.3, -0.25) is 14.2 Å². The first-order valence-electron chi connectivity index (χ1n) is 6.70. The molecule has 2 heterocycles. The fraction of sp³-hybridized carbons (Fsp3) is 0.333. The van der Waals surface area contributed by atoms with Gasteiger partial charge in [-0.2, -0.15) is 0 Å². The van der Waals surface area contributed by atoms with Crippen molar-refractivity contribution in [1.29, 1.82) is 0 Å². The number of benzene rings is 1. The molecule has 21 heavy (non-hydrogen) atoms. The number of halogens is 2. The molecule has 0 saturated carbocycles. The van der Waals surface area contributed by atoms with Gasteiger partial charge >= 0.3 is 5.97 Å². The van der Waals surface area contributed by atoms with Crippen LogP contribution in [0.25, 0.3) is 10.9 Å². The van der Waals surface area contributed by atoms with Gasteiger partial charge in [0, 0.05) is 27.9 Å². The van der Waals surface area contributed by atoms with Crippen molar-refractivity contribution in [2.45, 2.75) is 25.7 Å². The average molecular weight is 354 g/mol. The Labute approximate surface area is 128 Å². The Morgan fingerprint density at radius 1 is 1.52 bits per heavy atom. The fourth-order valence-corrected chi connectivity index (χ4v) is 3.70. The number of aliphatic carboxylic acids is 1. The molecule has 2 unspecified atom stereocenters. The molecule has 1 aliphatic heterocycles. The number of carbonyl (C=O) groups is 2. The molecule has 0 fully saturated rings. The van der Waals surface area contributed by atoms with E-state index in [1.54, 1.807) is 13.0 Å². The highest BCUT2D eigenvalue weighted by atomic mass is 79.9. The Morgan fingerprint density at radius 2 is 2.24 bits per heavy atom. The quantitative estimate of drug-likeness (QED) is 0.913. The van der Waals surface area contributed by atoms with Gasteiger partial charge in [-0.05, 0) is 40.5 Å². The summed E-state index contributed by atoms with van der Waals surface area (Å²) in [6, 6.07) is 4.44. The van der Waals surface area contributed by atoms with Gasteiger partial charge in [-0.25, -0.2) is 4.39 Å². The van der Waals surface area contributed by atoms with Crippen LogP contribution in [-0.4, -0.2) is 21.6 Å². The van der Waals surface area contributed by atoms with Crippen LogP contribution in [0.1, 0.15) is 36.2 Å². The van der Waals surface area contributed by atoms with Crippen molar-refractivity contribution >= 4 is 38.7 Å². The van der Waals surface area contributed by atoms with Crippen molar-refractivity contribution < 1.29 is 19.1 Å². The zero-order valence-electron chi connectivity index (χ0n) is 11.3. The van der Waals surface area contributed by atoms with Crippen LogP contribution in [0.3, 0.4) is 0 Å². The maximum absolute atomic E-state index is 13.6. The van der Waals surface area contributed by atoms with E-state index >= 15 is 0 Å². The summed E-state index contributed by atoms with van der Waals surface area (Å²) >= 11 is 3.29. The van der Waals surface area contributed by atoms with Crippen molar-refractivity contribution in [2.24, 2.45) is 5.92 Å². The minimum atomic E-state index is -0.903. The maximum atomic E-state index is 13.6. The van der Waals surface area contributed by atoms with Gasteiger partial charge in [-0.15, -0.1) is 0 Å². The lowest BCUT2D eigenvalue weighted by atomic mass is 9.86. The van der Waals surface area contributed by atoms with Crippen molar-refractivity contribution in [2.75, 3.05) is 0 Å². The molecule has 6 heteroatoms. The molecule has 0 saturated heterocycles. The molecule has 1 N–H and O–H groups in total. The molecule has 1 aromatic heterocycles. The molecule has 4 nitrogen and oxygen atoms in total. The van der Waals surface area contributed by atoms with Crippen molar-refractivity contribution in [3.8, 4) is 0 Å². The molecule has 1 aromatic carbocycles. The van der Waals surface area contributed by atoms with Gasteiger partial charge in [0.2, 0.25) is 5.91 Å². The third-order valence-corrected chi connectivity index (χ3v) is 4.79. The lowest BCUT2D eigenvalue weighted by Gasteiger charge is -2.16. The van der Waals surface area contributed by atoms with Gasteiger partial charge in [0.1, 0.15) is 5.82 Å². The largest absolute Gasteiger partial charge is 0.481 e. The monoisotopic (exact) mass is 353 g/mol. The van der Waals surface area contributed by atoms with E-state index in [0.29, 0.717) is 22.1 Å². The third-order valence-electron chi connectivity index (χ3n) is 4.13. The van der Waals surface area contributed by atoms with Crippen molar-refractivity contribution in [3.05, 3.63) is 34.2 Å². The molecular formula is C15H13BrFNO3. The molecule has 0 bridgehead atoms. The van der Waals surface area contributed by atoms with Gasteiger partial charge < -0.3 is 5.11 Å². The van der Waals surface area contributed by atoms with E-state index in [-0.39, 0.29) is 18.2 Å². The fourth-order valence-electron chi connectivity index (χ4n) is 3.17. The summed E-state index contributed by atoms with van der Waals surface area (Å²) in [4.78, 5) is 23.6. The lowest BCUT2D eigenvalue weighted by Crippen LogP contribution is -2.20. The van der Waals surface area contributed by atoms with E-state index in [4.69, 9.17) is 0 Å². The second-order valence-corrected chi connectivity index (χ2v) is 6.14. The number of nitrogens with zero attached hydrogens (tertiary/aromatic N) is 1. The van der Waals surface area contributed by atoms with Crippen LogP contribution in [0, 0.1) is 11.7 Å². The predicted molar refractivity (Wildman–Crippen MR) is 79.0 cm³/mol. The number of hydrogen-bond acceptors (Lipinski definition) is 2. The summed E-state index contributed by atoms with van der Waals surface area (Å²) in [5, 5.41) is 10.1. The Morgan fingerprint density at radius 3 is 2.86 bits per heavy atom. The summed E-state index contributed by atoms with van der Waals surface area (Å²) < 4.78 is 15.6. The van der Waals surface area contributed by atoms with E-state index in [9.17, 15) is 19.1 Å². The zero-order chi connectivity index (χ0) is 15.3. The van der Waals surface area contributed by atoms with E-state index in [1.807, 2.05) is 0 Å². The highest BCUT2D eigenvalue weighted by Crippen LogP contribution is 2.41. The Bertz CT molecular complexity index is 768. The van der Waals surface area contributed by atoms with Gasteiger partial charge in [0.15, 0.2) is 0 Å². The SMILES string of the molecule is CCC(C(=O)O)C1CC(=O)n2c1cc1c(Br)cc(F)cc12. The van der Waals surface area contributed by atoms with E-state index in [0.717, 1.165) is 5.39 Å². The molecule has 2 aromatic rings. The minimum absolute atomic E-state index is 0.157. The number of rotatable bonds is 3. The summed E-state index contributed by atoms with van der Waals surface area (Å²) in [6.07, 6.45) is 0.606. The third kappa shape index (κ3) is 2.09. The first-order valence-corrected chi connectivity index (χ1v) is 7.49. The zero-order valence-corrected chi connectivity index (χ0v) is 12.9. The maximum Gasteiger partial charge on any atom is 0.307 e. The first kappa shape index (κ1) is 14.3. The average Bonchev–Trinajstić information content (AvgIpc) is 2.90. The molecule has 2 atom stereocenters. The molecule has 110 valence electrons. The van der Waals surface area contributed by atoms with E-state index in [2.05, 4.69) is 15.9 Å². The standard InChI is InChI=1S/C15H13BrFNO3/c1-2-8(15(20)21)9-6-14(19)18-12-4-7(17)3-11(16)10(12)5-13(9)18/h3-5,8-9H,2,6H2,1H3,(H,20,21). The van der Waals surface area contributed by atoms with E-state index < -0.39 is 17.7 Å². The van der Waals surface area contributed by atoms with Crippen LogP contribution in [0.4, 0.5) is 4.39 Å². The highest BCUT2D eigenvalue weighted by Gasteiger charge is 2.39. The molecule has 3 rings (SSSR count). The number of carboxylic acid groups (broad SMARTS) is 1. The van der Waals surface area contributed by atoms with Crippen LogP contribution in [-0.2, 0) is 4.79 Å². The van der Waals surface area contributed by atoms with Crippen molar-refractivity contribution in [3.63, 3.8) is 0 Å². The molecule has 0 radical (unpaired) electrons. The molecular weight excluding hydrogens is 341 g/mol. The second-order valence-electron chi connectivity index (χ2n) is 5.28. The van der Waals surface area contributed by atoms with Crippen molar-refractivity contribution in [1.82, 2.24) is 4.57 Å². The Hall–Kier alpha value is -1.69. The lowest BCUT2D eigenvalue weighted by molar-refractivity contribution is -0.142. The Balaban J connectivity index is 2.23. The van der Waals surface area contributed by atoms with Gasteiger partial charge in [0.05, 0.1) is 11.4 Å².